The molecule has 1 aromatic rings. The number of benzene rings is 1. The number of hydrogen-bond acceptors (Lipinski definition) is 5. The van der Waals surface area contributed by atoms with Crippen LogP contribution in [-0.4, -0.2) is 55.4 Å². The van der Waals surface area contributed by atoms with E-state index in [1.54, 1.807) is 25.2 Å². The molecule has 1 aliphatic rings. The van der Waals surface area contributed by atoms with Crippen LogP contribution in [0.4, 0.5) is 5.69 Å². The van der Waals surface area contributed by atoms with E-state index in [2.05, 4.69) is 0 Å². The summed E-state index contributed by atoms with van der Waals surface area (Å²) >= 11 is 0. The second-order valence-corrected chi connectivity index (χ2v) is 5.46. The van der Waals surface area contributed by atoms with Crippen LogP contribution in [0, 0.1) is 0 Å². The van der Waals surface area contributed by atoms with Gasteiger partial charge in [0.1, 0.15) is 5.75 Å². The monoisotopic (exact) mass is 294 g/mol. The van der Waals surface area contributed by atoms with E-state index in [1.807, 2.05) is 0 Å². The second-order valence-electron chi connectivity index (χ2n) is 5.46. The molecule has 1 fully saturated rings. The summed E-state index contributed by atoms with van der Waals surface area (Å²) in [5.74, 6) is 0.234. The predicted octanol–water partition coefficient (Wildman–Crippen LogP) is 0.891. The predicted molar refractivity (Wildman–Crippen MR) is 79.4 cm³/mol. The van der Waals surface area contributed by atoms with Gasteiger partial charge in [0, 0.05) is 51.4 Å². The molecular formula is C15H22N2O4. The lowest BCUT2D eigenvalue weighted by atomic mass is 9.93. The Labute approximate surface area is 124 Å². The Balaban J connectivity index is 2.12. The summed E-state index contributed by atoms with van der Waals surface area (Å²) in [5, 5.41) is 10.5. The van der Waals surface area contributed by atoms with Crippen LogP contribution in [0.25, 0.3) is 0 Å². The van der Waals surface area contributed by atoms with Gasteiger partial charge in [-0.15, -0.1) is 0 Å². The first-order chi connectivity index (χ1) is 9.95. The molecule has 0 unspecified atom stereocenters. The zero-order chi connectivity index (χ0) is 15.5. The van der Waals surface area contributed by atoms with Crippen molar-refractivity contribution >= 4 is 11.6 Å². The highest BCUT2D eigenvalue weighted by Crippen LogP contribution is 2.25. The maximum absolute atomic E-state index is 12.5. The van der Waals surface area contributed by atoms with Crippen LogP contribution in [0.3, 0.4) is 0 Å². The van der Waals surface area contributed by atoms with Crippen LogP contribution in [0.2, 0.25) is 0 Å². The second kappa shape index (κ2) is 6.32. The van der Waals surface area contributed by atoms with Gasteiger partial charge in [0.05, 0.1) is 18.3 Å². The van der Waals surface area contributed by atoms with Gasteiger partial charge in [-0.1, -0.05) is 0 Å². The van der Waals surface area contributed by atoms with E-state index in [1.165, 1.54) is 12.0 Å². The summed E-state index contributed by atoms with van der Waals surface area (Å²) in [6.07, 6.45) is 1.06. The molecule has 21 heavy (non-hydrogen) atoms. The minimum absolute atomic E-state index is 0.202. The Hall–Kier alpha value is -1.79. The number of nitrogens with zero attached hydrogens (tertiary/aromatic N) is 1. The average molecular weight is 294 g/mol. The zero-order valence-corrected chi connectivity index (χ0v) is 12.5. The number of hydrogen-bond donors (Lipinski definition) is 2. The van der Waals surface area contributed by atoms with Crippen LogP contribution in [0.1, 0.15) is 23.2 Å². The van der Waals surface area contributed by atoms with Crippen molar-refractivity contribution in [3.63, 3.8) is 0 Å². The Morgan fingerprint density at radius 2 is 2.14 bits per heavy atom. The Bertz CT molecular complexity index is 512. The van der Waals surface area contributed by atoms with E-state index in [-0.39, 0.29) is 12.5 Å². The van der Waals surface area contributed by atoms with E-state index in [0.29, 0.717) is 43.1 Å². The van der Waals surface area contributed by atoms with Gasteiger partial charge in [-0.3, -0.25) is 4.79 Å². The zero-order valence-electron chi connectivity index (χ0n) is 12.5. The normalized spacial score (nSPS) is 17.3. The molecule has 116 valence electrons. The molecule has 0 bridgehead atoms. The van der Waals surface area contributed by atoms with Gasteiger partial charge in [-0.25, -0.2) is 0 Å². The lowest BCUT2D eigenvalue weighted by Gasteiger charge is -2.35. The van der Waals surface area contributed by atoms with Crippen molar-refractivity contribution in [3.05, 3.63) is 23.8 Å². The highest BCUT2D eigenvalue weighted by Gasteiger charge is 2.33. The van der Waals surface area contributed by atoms with Crippen molar-refractivity contribution < 1.29 is 19.4 Å². The number of nitrogens with two attached hydrogens (primary N) is 1. The van der Waals surface area contributed by atoms with Crippen molar-refractivity contribution in [1.29, 1.82) is 0 Å². The number of likely N-dealkylation sites (N-methyl/N-ethyl adjacent to an activating group) is 1. The molecule has 3 N–H and O–H groups in total. The van der Waals surface area contributed by atoms with Gasteiger partial charge in [-0.2, -0.15) is 0 Å². The lowest BCUT2D eigenvalue weighted by molar-refractivity contribution is -0.0734. The van der Waals surface area contributed by atoms with Gasteiger partial charge in [0.25, 0.3) is 5.91 Å². The van der Waals surface area contributed by atoms with E-state index in [0.717, 1.165) is 0 Å². The van der Waals surface area contributed by atoms with Gasteiger partial charge < -0.3 is 25.2 Å². The molecule has 0 radical (unpaired) electrons. The molecule has 1 saturated heterocycles. The molecule has 1 aromatic carbocycles. The van der Waals surface area contributed by atoms with Crippen LogP contribution < -0.4 is 10.5 Å². The van der Waals surface area contributed by atoms with Crippen molar-refractivity contribution in [2.75, 3.05) is 39.6 Å². The van der Waals surface area contributed by atoms with Gasteiger partial charge in [0.15, 0.2) is 0 Å². The standard InChI is InChI=1S/C15H22N2O4/c1-17(10-15(19)5-7-21-8-6-15)14(18)12-4-3-11(16)9-13(12)20-2/h3-4,9,19H,5-8,10,16H2,1-2H3. The lowest BCUT2D eigenvalue weighted by Crippen LogP contribution is -2.47. The third kappa shape index (κ3) is 3.65. The molecule has 2 rings (SSSR count). The molecule has 0 aromatic heterocycles. The van der Waals surface area contributed by atoms with Gasteiger partial charge in [0.2, 0.25) is 0 Å². The number of anilines is 1. The molecule has 6 heteroatoms. The minimum Gasteiger partial charge on any atom is -0.496 e. The number of carbonyl (C=O) groups is 1. The van der Waals surface area contributed by atoms with Crippen LogP contribution in [0.15, 0.2) is 18.2 Å². The molecule has 0 atom stereocenters. The molecule has 0 saturated carbocycles. The molecule has 1 aliphatic heterocycles. The topological polar surface area (TPSA) is 85.0 Å². The minimum atomic E-state index is -0.885. The number of ether oxygens (including phenoxy) is 2. The summed E-state index contributed by atoms with van der Waals surface area (Å²) in [6.45, 7) is 1.30. The molecule has 0 spiro atoms. The average Bonchev–Trinajstić information content (AvgIpc) is 2.46. The third-order valence-electron chi connectivity index (χ3n) is 3.76. The SMILES string of the molecule is COc1cc(N)ccc1C(=O)N(C)CC1(O)CCOCC1. The van der Waals surface area contributed by atoms with Crippen molar-refractivity contribution in [2.45, 2.75) is 18.4 Å². The number of carbonyl (C=O) groups excluding carboxylic acids is 1. The summed E-state index contributed by atoms with van der Waals surface area (Å²) in [6, 6.07) is 4.91. The van der Waals surface area contributed by atoms with Gasteiger partial charge in [-0.05, 0) is 12.1 Å². The largest absolute Gasteiger partial charge is 0.496 e. The molecule has 0 aliphatic carbocycles. The molecule has 6 nitrogen and oxygen atoms in total. The third-order valence-corrected chi connectivity index (χ3v) is 3.76. The van der Waals surface area contributed by atoms with E-state index < -0.39 is 5.60 Å². The van der Waals surface area contributed by atoms with Crippen molar-refractivity contribution in [1.82, 2.24) is 4.90 Å². The number of amides is 1. The maximum Gasteiger partial charge on any atom is 0.257 e. The fourth-order valence-corrected chi connectivity index (χ4v) is 2.51. The summed E-state index contributed by atoms with van der Waals surface area (Å²) in [4.78, 5) is 14.0. The van der Waals surface area contributed by atoms with Gasteiger partial charge >= 0.3 is 0 Å². The molecular weight excluding hydrogens is 272 g/mol. The fraction of sp³-hybridized carbons (Fsp3) is 0.533. The summed E-state index contributed by atoms with van der Waals surface area (Å²) < 4.78 is 10.4. The Kier molecular flexibility index (Phi) is 4.69. The number of methoxy groups -OCH3 is 1. The number of aliphatic hydroxyl groups is 1. The van der Waals surface area contributed by atoms with Crippen molar-refractivity contribution in [2.24, 2.45) is 0 Å². The first-order valence-corrected chi connectivity index (χ1v) is 6.94. The van der Waals surface area contributed by atoms with Crippen LogP contribution in [-0.2, 0) is 4.74 Å². The number of rotatable bonds is 4. The first kappa shape index (κ1) is 15.6. The highest BCUT2D eigenvalue weighted by molar-refractivity contribution is 5.97. The Morgan fingerprint density at radius 3 is 2.76 bits per heavy atom. The number of nitrogen functional groups attached to an aromatic ring is 1. The highest BCUT2D eigenvalue weighted by atomic mass is 16.5. The maximum atomic E-state index is 12.5. The van der Waals surface area contributed by atoms with E-state index >= 15 is 0 Å². The smallest absolute Gasteiger partial charge is 0.257 e. The van der Waals surface area contributed by atoms with E-state index in [4.69, 9.17) is 15.2 Å². The Morgan fingerprint density at radius 1 is 1.48 bits per heavy atom. The van der Waals surface area contributed by atoms with Crippen LogP contribution in [0.5, 0.6) is 5.75 Å². The first-order valence-electron chi connectivity index (χ1n) is 6.94. The summed E-state index contributed by atoms with van der Waals surface area (Å²) in [7, 11) is 3.17. The van der Waals surface area contributed by atoms with E-state index in [9.17, 15) is 9.90 Å². The quantitative estimate of drug-likeness (QED) is 0.806. The summed E-state index contributed by atoms with van der Waals surface area (Å²) in [5.41, 5.74) is 5.78. The van der Waals surface area contributed by atoms with Crippen molar-refractivity contribution in [3.8, 4) is 5.75 Å². The fourth-order valence-electron chi connectivity index (χ4n) is 2.51. The molecule has 1 amide bonds. The van der Waals surface area contributed by atoms with Crippen LogP contribution >= 0.6 is 0 Å². The molecule has 1 heterocycles.